The van der Waals surface area contributed by atoms with Crippen molar-refractivity contribution in [1.82, 2.24) is 0 Å². The maximum Gasteiger partial charge on any atom is 0.0595 e. The van der Waals surface area contributed by atoms with Gasteiger partial charge in [0.15, 0.2) is 0 Å². The SMILES string of the molecule is CCCc1ccc(C(N)Cc2ccc(Cl)c(Cl)c2)cc1. The Balaban J connectivity index is 2.06. The second-order valence-electron chi connectivity index (χ2n) is 5.05. The Labute approximate surface area is 130 Å². The van der Waals surface area contributed by atoms with Gasteiger partial charge in [0.05, 0.1) is 10.0 Å². The molecule has 1 unspecified atom stereocenters. The van der Waals surface area contributed by atoms with Crippen molar-refractivity contribution in [3.8, 4) is 0 Å². The molecule has 106 valence electrons. The van der Waals surface area contributed by atoms with Crippen LogP contribution >= 0.6 is 23.2 Å². The van der Waals surface area contributed by atoms with Crippen LogP contribution in [0.4, 0.5) is 0 Å². The summed E-state index contributed by atoms with van der Waals surface area (Å²) in [4.78, 5) is 0. The molecule has 0 radical (unpaired) electrons. The lowest BCUT2D eigenvalue weighted by Crippen LogP contribution is -2.13. The minimum Gasteiger partial charge on any atom is -0.324 e. The summed E-state index contributed by atoms with van der Waals surface area (Å²) in [6.07, 6.45) is 3.03. The van der Waals surface area contributed by atoms with Crippen LogP contribution in [-0.2, 0) is 12.8 Å². The van der Waals surface area contributed by atoms with Crippen molar-refractivity contribution in [3.05, 3.63) is 69.2 Å². The van der Waals surface area contributed by atoms with Crippen molar-refractivity contribution in [2.75, 3.05) is 0 Å². The van der Waals surface area contributed by atoms with E-state index in [0.717, 1.165) is 30.4 Å². The van der Waals surface area contributed by atoms with Gasteiger partial charge in [-0.1, -0.05) is 66.9 Å². The van der Waals surface area contributed by atoms with E-state index in [1.54, 1.807) is 0 Å². The van der Waals surface area contributed by atoms with Gasteiger partial charge in [-0.05, 0) is 41.7 Å². The zero-order valence-electron chi connectivity index (χ0n) is 11.6. The van der Waals surface area contributed by atoms with E-state index in [4.69, 9.17) is 28.9 Å². The maximum absolute atomic E-state index is 6.26. The van der Waals surface area contributed by atoms with Crippen LogP contribution in [0.5, 0.6) is 0 Å². The van der Waals surface area contributed by atoms with Crippen LogP contribution in [0.25, 0.3) is 0 Å². The largest absolute Gasteiger partial charge is 0.324 e. The molecule has 2 aromatic carbocycles. The van der Waals surface area contributed by atoms with E-state index in [2.05, 4.69) is 31.2 Å². The molecule has 2 N–H and O–H groups in total. The molecule has 2 aromatic rings. The van der Waals surface area contributed by atoms with Crippen molar-refractivity contribution >= 4 is 23.2 Å². The Morgan fingerprint density at radius 2 is 1.60 bits per heavy atom. The lowest BCUT2D eigenvalue weighted by atomic mass is 9.98. The first kappa shape index (κ1) is 15.4. The average molecular weight is 308 g/mol. The van der Waals surface area contributed by atoms with Crippen LogP contribution in [0.15, 0.2) is 42.5 Å². The highest BCUT2D eigenvalue weighted by Gasteiger charge is 2.08. The van der Waals surface area contributed by atoms with Gasteiger partial charge in [0.25, 0.3) is 0 Å². The third kappa shape index (κ3) is 3.99. The highest BCUT2D eigenvalue weighted by molar-refractivity contribution is 6.42. The first-order valence-electron chi connectivity index (χ1n) is 6.88. The summed E-state index contributed by atoms with van der Waals surface area (Å²) in [5.41, 5.74) is 9.87. The number of benzene rings is 2. The molecule has 0 aromatic heterocycles. The zero-order chi connectivity index (χ0) is 14.5. The summed E-state index contributed by atoms with van der Waals surface area (Å²) in [6.45, 7) is 2.18. The summed E-state index contributed by atoms with van der Waals surface area (Å²) in [6, 6.07) is 14.2. The van der Waals surface area contributed by atoms with Crippen LogP contribution in [0.3, 0.4) is 0 Å². The summed E-state index contributed by atoms with van der Waals surface area (Å²) in [5, 5.41) is 1.16. The van der Waals surface area contributed by atoms with Gasteiger partial charge in [0.2, 0.25) is 0 Å². The fourth-order valence-corrected chi connectivity index (χ4v) is 2.58. The van der Waals surface area contributed by atoms with Gasteiger partial charge in [-0.2, -0.15) is 0 Å². The summed E-state index contributed by atoms with van der Waals surface area (Å²) in [7, 11) is 0. The third-order valence-electron chi connectivity index (χ3n) is 3.39. The van der Waals surface area contributed by atoms with E-state index >= 15 is 0 Å². The van der Waals surface area contributed by atoms with Crippen LogP contribution in [-0.4, -0.2) is 0 Å². The quantitative estimate of drug-likeness (QED) is 0.808. The molecule has 20 heavy (non-hydrogen) atoms. The number of rotatable bonds is 5. The molecule has 0 heterocycles. The number of nitrogens with two attached hydrogens (primary N) is 1. The molecule has 0 saturated heterocycles. The van der Waals surface area contributed by atoms with Crippen molar-refractivity contribution in [3.63, 3.8) is 0 Å². The first-order valence-corrected chi connectivity index (χ1v) is 7.64. The predicted molar refractivity (Wildman–Crippen MR) is 87.5 cm³/mol. The van der Waals surface area contributed by atoms with Gasteiger partial charge in [0.1, 0.15) is 0 Å². The lowest BCUT2D eigenvalue weighted by Gasteiger charge is -2.13. The number of hydrogen-bond donors (Lipinski definition) is 1. The number of hydrogen-bond acceptors (Lipinski definition) is 1. The van der Waals surface area contributed by atoms with E-state index in [-0.39, 0.29) is 6.04 Å². The smallest absolute Gasteiger partial charge is 0.0595 e. The topological polar surface area (TPSA) is 26.0 Å². The molecule has 0 aliphatic heterocycles. The monoisotopic (exact) mass is 307 g/mol. The maximum atomic E-state index is 6.26. The van der Waals surface area contributed by atoms with Crippen molar-refractivity contribution in [2.24, 2.45) is 5.73 Å². The molecule has 0 spiro atoms. The zero-order valence-corrected chi connectivity index (χ0v) is 13.1. The average Bonchev–Trinajstić information content (AvgIpc) is 2.44. The van der Waals surface area contributed by atoms with Gasteiger partial charge in [-0.3, -0.25) is 0 Å². The first-order chi connectivity index (χ1) is 9.60. The van der Waals surface area contributed by atoms with Crippen LogP contribution in [0, 0.1) is 0 Å². The fraction of sp³-hybridized carbons (Fsp3) is 0.294. The molecular weight excluding hydrogens is 289 g/mol. The molecule has 0 fully saturated rings. The molecule has 2 rings (SSSR count). The second-order valence-corrected chi connectivity index (χ2v) is 5.87. The molecule has 1 atom stereocenters. The molecule has 0 amide bonds. The molecular formula is C17H19Cl2N. The molecule has 3 heteroatoms. The Morgan fingerprint density at radius 1 is 0.950 bits per heavy atom. The molecule has 1 nitrogen and oxygen atoms in total. The third-order valence-corrected chi connectivity index (χ3v) is 4.13. The van der Waals surface area contributed by atoms with Gasteiger partial charge in [-0.25, -0.2) is 0 Å². The van der Waals surface area contributed by atoms with Crippen LogP contribution in [0.1, 0.15) is 36.1 Å². The molecule has 0 aliphatic carbocycles. The fourth-order valence-electron chi connectivity index (χ4n) is 2.26. The minimum atomic E-state index is -0.0251. The summed E-state index contributed by atoms with van der Waals surface area (Å²) >= 11 is 11.9. The van der Waals surface area contributed by atoms with E-state index in [9.17, 15) is 0 Å². The molecule has 0 saturated carbocycles. The van der Waals surface area contributed by atoms with Gasteiger partial charge >= 0.3 is 0 Å². The van der Waals surface area contributed by atoms with E-state index in [1.165, 1.54) is 5.56 Å². The summed E-state index contributed by atoms with van der Waals surface area (Å²) < 4.78 is 0. The summed E-state index contributed by atoms with van der Waals surface area (Å²) in [5.74, 6) is 0. The number of aryl methyl sites for hydroxylation is 1. The second kappa shape index (κ2) is 7.12. The van der Waals surface area contributed by atoms with Gasteiger partial charge in [-0.15, -0.1) is 0 Å². The van der Waals surface area contributed by atoms with Crippen molar-refractivity contribution < 1.29 is 0 Å². The van der Waals surface area contributed by atoms with Crippen LogP contribution in [0.2, 0.25) is 10.0 Å². The lowest BCUT2D eigenvalue weighted by molar-refractivity contribution is 0.721. The normalized spacial score (nSPS) is 12.4. The van der Waals surface area contributed by atoms with Crippen molar-refractivity contribution in [2.45, 2.75) is 32.2 Å². The van der Waals surface area contributed by atoms with Crippen molar-refractivity contribution in [1.29, 1.82) is 0 Å². The highest BCUT2D eigenvalue weighted by Crippen LogP contribution is 2.25. The van der Waals surface area contributed by atoms with Gasteiger partial charge < -0.3 is 5.73 Å². The Kier molecular flexibility index (Phi) is 5.47. The Hall–Kier alpha value is -1.02. The van der Waals surface area contributed by atoms with E-state index in [0.29, 0.717) is 10.0 Å². The molecule has 0 aliphatic rings. The minimum absolute atomic E-state index is 0.0251. The van der Waals surface area contributed by atoms with Crippen LogP contribution < -0.4 is 5.73 Å². The predicted octanol–water partition coefficient (Wildman–Crippen LogP) is 5.19. The van der Waals surface area contributed by atoms with Gasteiger partial charge in [0, 0.05) is 6.04 Å². The molecule has 0 bridgehead atoms. The van der Waals surface area contributed by atoms with E-state index < -0.39 is 0 Å². The highest BCUT2D eigenvalue weighted by atomic mass is 35.5. The van der Waals surface area contributed by atoms with E-state index in [1.807, 2.05) is 18.2 Å². The Bertz CT molecular complexity index is 564. The number of halogens is 2. The Morgan fingerprint density at radius 3 is 2.20 bits per heavy atom. The standard InChI is InChI=1S/C17H19Cl2N/c1-2-3-12-4-7-14(8-5-12)17(20)11-13-6-9-15(18)16(19)10-13/h4-10,17H,2-3,11,20H2,1H3.